The third-order valence-corrected chi connectivity index (χ3v) is 6.04. The van der Waals surface area contributed by atoms with E-state index in [2.05, 4.69) is 37.0 Å². The Morgan fingerprint density at radius 1 is 1.24 bits per heavy atom. The number of carbonyl (C=O) groups is 1. The first kappa shape index (κ1) is 22.8. The van der Waals surface area contributed by atoms with Gasteiger partial charge in [-0.15, -0.1) is 10.2 Å². The minimum absolute atomic E-state index is 0.226. The highest BCUT2D eigenvalue weighted by molar-refractivity contribution is 5.71. The maximum atomic E-state index is 12.0. The number of aromatic amines is 1. The van der Waals surface area contributed by atoms with Crippen molar-refractivity contribution >= 4 is 5.97 Å². The second-order valence-corrected chi connectivity index (χ2v) is 8.95. The molecule has 3 N–H and O–H groups in total. The molecule has 33 heavy (non-hydrogen) atoms. The Morgan fingerprint density at radius 3 is 2.73 bits per heavy atom. The van der Waals surface area contributed by atoms with Crippen LogP contribution < -0.4 is 10.1 Å². The van der Waals surface area contributed by atoms with Crippen LogP contribution in [0.3, 0.4) is 0 Å². The van der Waals surface area contributed by atoms with Gasteiger partial charge in [-0.2, -0.15) is 5.21 Å². The molecule has 3 aromatic rings. The molecule has 1 unspecified atom stereocenters. The molecule has 1 aliphatic rings. The van der Waals surface area contributed by atoms with Gasteiger partial charge in [-0.3, -0.25) is 4.79 Å². The van der Waals surface area contributed by atoms with E-state index in [0.29, 0.717) is 30.6 Å². The monoisotopic (exact) mass is 450 g/mol. The molecule has 0 saturated carbocycles. The fourth-order valence-corrected chi connectivity index (χ4v) is 4.46. The molecule has 2 aromatic heterocycles. The number of aliphatic carboxylic acids is 1. The molecule has 1 fully saturated rings. The van der Waals surface area contributed by atoms with E-state index in [1.165, 1.54) is 0 Å². The van der Waals surface area contributed by atoms with E-state index >= 15 is 0 Å². The van der Waals surface area contributed by atoms with Crippen molar-refractivity contribution in [2.45, 2.75) is 51.5 Å². The van der Waals surface area contributed by atoms with E-state index < -0.39 is 17.8 Å². The van der Waals surface area contributed by atoms with Gasteiger partial charge in [0.2, 0.25) is 5.88 Å². The van der Waals surface area contributed by atoms with Crippen molar-refractivity contribution in [3.63, 3.8) is 0 Å². The number of nitrogens with zero attached hydrogens (tertiary/aromatic N) is 4. The Balaban J connectivity index is 1.51. The van der Waals surface area contributed by atoms with Crippen molar-refractivity contribution in [1.29, 1.82) is 0 Å². The Hall–Kier alpha value is -3.33. The van der Waals surface area contributed by atoms with Crippen molar-refractivity contribution in [2.24, 2.45) is 11.8 Å². The van der Waals surface area contributed by atoms with Gasteiger partial charge in [0.15, 0.2) is 5.82 Å². The molecule has 0 radical (unpaired) electrons. The number of carboxylic acid groups (broad SMARTS) is 1. The van der Waals surface area contributed by atoms with Crippen LogP contribution in [0, 0.1) is 11.8 Å². The number of benzene rings is 1. The van der Waals surface area contributed by atoms with Gasteiger partial charge in [0.1, 0.15) is 5.75 Å². The molecule has 0 spiro atoms. The lowest BCUT2D eigenvalue weighted by Crippen LogP contribution is -2.26. The number of nitrogens with one attached hydrogen (secondary N) is 2. The number of carboxylic acids is 1. The second kappa shape index (κ2) is 10.5. The molecule has 1 saturated heterocycles. The van der Waals surface area contributed by atoms with Crippen LogP contribution in [-0.2, 0) is 11.2 Å². The van der Waals surface area contributed by atoms with Crippen LogP contribution in [-0.4, -0.2) is 43.2 Å². The molecule has 9 nitrogen and oxygen atoms in total. The zero-order chi connectivity index (χ0) is 23.2. The first-order valence-electron chi connectivity index (χ1n) is 11.4. The fourth-order valence-electron chi connectivity index (χ4n) is 4.46. The molecule has 0 amide bonds. The van der Waals surface area contributed by atoms with E-state index in [9.17, 15) is 9.90 Å². The Bertz CT molecular complexity index is 1030. The summed E-state index contributed by atoms with van der Waals surface area (Å²) in [6, 6.07) is 12.1. The van der Waals surface area contributed by atoms with Gasteiger partial charge in [0, 0.05) is 29.8 Å². The summed E-state index contributed by atoms with van der Waals surface area (Å²) in [7, 11) is 0. The van der Waals surface area contributed by atoms with Crippen LogP contribution >= 0.6 is 0 Å². The smallest absolute Gasteiger partial charge is 0.307 e. The first-order chi connectivity index (χ1) is 16.0. The number of H-pyrrole nitrogens is 1. The Labute approximate surface area is 193 Å². The first-order valence-corrected chi connectivity index (χ1v) is 11.4. The topological polar surface area (TPSA) is 126 Å². The van der Waals surface area contributed by atoms with Crippen LogP contribution in [0.4, 0.5) is 0 Å². The summed E-state index contributed by atoms with van der Waals surface area (Å²) in [6.45, 7) is 5.04. The standard InChI is InChI=1S/C24H30N6O3/c1-15(2)12-19(24(31)32)18(23-27-29-30-28-23)13-16-9-10-22(26-14-16)33-21-8-4-3-6-17(21)20-7-5-11-25-20/h3-4,6,8-10,14-15,18-20,25H,5,7,11-13H2,1-2H3,(H,31,32)(H,27,28,29,30)/t18-,19-,20?/m0/s1. The number of hydrogen-bond acceptors (Lipinski definition) is 7. The summed E-state index contributed by atoms with van der Waals surface area (Å²) in [5.41, 5.74) is 2.02. The predicted octanol–water partition coefficient (Wildman–Crippen LogP) is 3.88. The second-order valence-electron chi connectivity index (χ2n) is 8.95. The summed E-state index contributed by atoms with van der Waals surface area (Å²) < 4.78 is 6.11. The summed E-state index contributed by atoms with van der Waals surface area (Å²) in [4.78, 5) is 16.5. The quantitative estimate of drug-likeness (QED) is 0.425. The summed E-state index contributed by atoms with van der Waals surface area (Å²) in [5, 5.41) is 27.6. The number of para-hydroxylation sites is 1. The third kappa shape index (κ3) is 5.73. The van der Waals surface area contributed by atoms with Gasteiger partial charge < -0.3 is 15.2 Å². The highest BCUT2D eigenvalue weighted by atomic mass is 16.5. The zero-order valence-electron chi connectivity index (χ0n) is 18.9. The molecule has 1 aromatic carbocycles. The molecule has 3 atom stereocenters. The number of rotatable bonds is 10. The van der Waals surface area contributed by atoms with Crippen molar-refractivity contribution in [2.75, 3.05) is 6.54 Å². The zero-order valence-corrected chi connectivity index (χ0v) is 18.9. The van der Waals surface area contributed by atoms with Crippen molar-refractivity contribution in [3.8, 4) is 11.6 Å². The largest absolute Gasteiger partial charge is 0.481 e. The van der Waals surface area contributed by atoms with E-state index in [4.69, 9.17) is 4.74 Å². The van der Waals surface area contributed by atoms with E-state index in [0.717, 1.165) is 36.3 Å². The lowest BCUT2D eigenvalue weighted by Gasteiger charge is -2.23. The number of pyridine rings is 1. The number of aromatic nitrogens is 5. The minimum atomic E-state index is -0.858. The third-order valence-electron chi connectivity index (χ3n) is 6.04. The maximum absolute atomic E-state index is 12.0. The van der Waals surface area contributed by atoms with Gasteiger partial charge in [-0.05, 0) is 49.8 Å². The van der Waals surface area contributed by atoms with E-state index in [-0.39, 0.29) is 5.92 Å². The fraction of sp³-hybridized carbons (Fsp3) is 0.458. The number of tetrazole rings is 1. The highest BCUT2D eigenvalue weighted by Crippen LogP contribution is 2.34. The van der Waals surface area contributed by atoms with E-state index in [1.54, 1.807) is 6.20 Å². The lowest BCUT2D eigenvalue weighted by molar-refractivity contribution is -0.143. The maximum Gasteiger partial charge on any atom is 0.307 e. The minimum Gasteiger partial charge on any atom is -0.481 e. The molecular formula is C24H30N6O3. The molecule has 0 aliphatic carbocycles. The van der Waals surface area contributed by atoms with Gasteiger partial charge in [0.05, 0.1) is 5.92 Å². The van der Waals surface area contributed by atoms with Crippen molar-refractivity contribution in [3.05, 3.63) is 59.5 Å². The molecule has 9 heteroatoms. The van der Waals surface area contributed by atoms with Crippen LogP contribution in [0.5, 0.6) is 11.6 Å². The van der Waals surface area contributed by atoms with Crippen LogP contribution in [0.1, 0.15) is 62.0 Å². The molecule has 0 bridgehead atoms. The molecule has 1 aliphatic heterocycles. The van der Waals surface area contributed by atoms with Gasteiger partial charge in [-0.25, -0.2) is 4.98 Å². The SMILES string of the molecule is CC(C)C[C@H](C(=O)O)[C@H](Cc1ccc(Oc2ccccc2C2CCCN2)nc1)c1nn[nH]n1. The van der Waals surface area contributed by atoms with Crippen molar-refractivity contribution in [1.82, 2.24) is 30.9 Å². The molecule has 174 valence electrons. The Kier molecular flexibility index (Phi) is 7.29. The van der Waals surface area contributed by atoms with Crippen molar-refractivity contribution < 1.29 is 14.6 Å². The lowest BCUT2D eigenvalue weighted by atomic mass is 9.81. The summed E-state index contributed by atoms with van der Waals surface area (Å²) in [6.07, 6.45) is 4.94. The van der Waals surface area contributed by atoms with Crippen LogP contribution in [0.2, 0.25) is 0 Å². The average molecular weight is 451 g/mol. The van der Waals surface area contributed by atoms with Gasteiger partial charge >= 0.3 is 5.97 Å². The molecule has 4 rings (SSSR count). The molecule has 3 heterocycles. The van der Waals surface area contributed by atoms with E-state index in [1.807, 2.05) is 44.2 Å². The van der Waals surface area contributed by atoms with Crippen LogP contribution in [0.25, 0.3) is 0 Å². The average Bonchev–Trinajstić information content (AvgIpc) is 3.52. The van der Waals surface area contributed by atoms with Crippen LogP contribution in [0.15, 0.2) is 42.6 Å². The van der Waals surface area contributed by atoms with Gasteiger partial charge in [0.25, 0.3) is 0 Å². The number of ether oxygens (including phenoxy) is 1. The molecular weight excluding hydrogens is 420 g/mol. The normalized spacial score (nSPS) is 17.7. The number of hydrogen-bond donors (Lipinski definition) is 3. The highest BCUT2D eigenvalue weighted by Gasteiger charge is 2.33. The summed E-state index contributed by atoms with van der Waals surface area (Å²) in [5.74, 6) is 0.0337. The predicted molar refractivity (Wildman–Crippen MR) is 122 cm³/mol. The summed E-state index contributed by atoms with van der Waals surface area (Å²) >= 11 is 0. The van der Waals surface area contributed by atoms with Gasteiger partial charge in [-0.1, -0.05) is 43.3 Å². The Morgan fingerprint density at radius 2 is 2.09 bits per heavy atom.